The van der Waals surface area contributed by atoms with E-state index in [2.05, 4.69) is 15.3 Å². The van der Waals surface area contributed by atoms with Gasteiger partial charge in [-0.3, -0.25) is 4.79 Å². The average molecular weight is 286 g/mol. The first-order valence-corrected chi connectivity index (χ1v) is 7.02. The highest BCUT2D eigenvalue weighted by Gasteiger charge is 2.32. The number of hydrogen-bond donors (Lipinski definition) is 1. The van der Waals surface area contributed by atoms with Gasteiger partial charge in [0.2, 0.25) is 5.91 Å². The predicted octanol–water partition coefficient (Wildman–Crippen LogP) is 2.28. The first-order chi connectivity index (χ1) is 10.1. The highest BCUT2D eigenvalue weighted by Crippen LogP contribution is 2.32. The van der Waals surface area contributed by atoms with E-state index >= 15 is 0 Å². The lowest BCUT2D eigenvalue weighted by molar-refractivity contribution is -0.136. The van der Waals surface area contributed by atoms with Crippen LogP contribution < -0.4 is 5.32 Å². The van der Waals surface area contributed by atoms with Crippen molar-refractivity contribution < 1.29 is 9.21 Å². The molecule has 1 aliphatic heterocycles. The van der Waals surface area contributed by atoms with Crippen LogP contribution in [0.3, 0.4) is 0 Å². The van der Waals surface area contributed by atoms with Crippen LogP contribution in [-0.2, 0) is 11.3 Å². The Balaban J connectivity index is 1.75. The van der Waals surface area contributed by atoms with Crippen LogP contribution >= 0.6 is 0 Å². The lowest BCUT2D eigenvalue weighted by Gasteiger charge is -2.40. The van der Waals surface area contributed by atoms with Crippen molar-refractivity contribution in [2.75, 3.05) is 11.9 Å². The first-order valence-electron chi connectivity index (χ1n) is 7.02. The van der Waals surface area contributed by atoms with Crippen molar-refractivity contribution in [2.24, 2.45) is 0 Å². The minimum absolute atomic E-state index is 0.0772. The van der Waals surface area contributed by atoms with Crippen LogP contribution in [0.2, 0.25) is 0 Å². The Bertz CT molecular complexity index is 639. The zero-order valence-electron chi connectivity index (χ0n) is 12.2. The van der Waals surface area contributed by atoms with E-state index in [-0.39, 0.29) is 11.9 Å². The van der Waals surface area contributed by atoms with Crippen molar-refractivity contribution in [1.29, 1.82) is 0 Å². The second-order valence-corrected chi connectivity index (χ2v) is 5.18. The molecule has 3 heterocycles. The molecule has 2 aromatic heterocycles. The molecule has 0 aliphatic carbocycles. The predicted molar refractivity (Wildman–Crippen MR) is 77.5 cm³/mol. The van der Waals surface area contributed by atoms with Crippen LogP contribution in [0.5, 0.6) is 0 Å². The summed E-state index contributed by atoms with van der Waals surface area (Å²) in [5.74, 6) is 2.39. The molecule has 1 saturated heterocycles. The van der Waals surface area contributed by atoms with Crippen LogP contribution in [0.25, 0.3) is 0 Å². The third-order valence-corrected chi connectivity index (χ3v) is 3.65. The average Bonchev–Trinajstić information content (AvgIpc) is 2.86. The highest BCUT2D eigenvalue weighted by atomic mass is 16.3. The van der Waals surface area contributed by atoms with E-state index < -0.39 is 0 Å². The van der Waals surface area contributed by atoms with Crippen LogP contribution in [-0.4, -0.2) is 27.3 Å². The number of nitrogens with one attached hydrogen (secondary N) is 1. The van der Waals surface area contributed by atoms with Gasteiger partial charge in [-0.25, -0.2) is 9.97 Å². The summed E-state index contributed by atoms with van der Waals surface area (Å²) in [4.78, 5) is 22.2. The fourth-order valence-corrected chi connectivity index (χ4v) is 2.51. The van der Waals surface area contributed by atoms with E-state index in [9.17, 15) is 4.79 Å². The Morgan fingerprint density at radius 1 is 1.52 bits per heavy atom. The van der Waals surface area contributed by atoms with Crippen LogP contribution in [0.4, 0.5) is 5.82 Å². The minimum Gasteiger partial charge on any atom is -0.467 e. The summed E-state index contributed by atoms with van der Waals surface area (Å²) in [6, 6.07) is 5.75. The zero-order chi connectivity index (χ0) is 14.8. The summed E-state index contributed by atoms with van der Waals surface area (Å²) >= 11 is 0. The van der Waals surface area contributed by atoms with Crippen LogP contribution in [0, 0.1) is 6.92 Å². The van der Waals surface area contributed by atoms with Gasteiger partial charge in [0.25, 0.3) is 0 Å². The maximum atomic E-state index is 11.5. The number of nitrogens with zero attached hydrogens (tertiary/aromatic N) is 3. The Morgan fingerprint density at radius 3 is 3.00 bits per heavy atom. The molecule has 110 valence electrons. The van der Waals surface area contributed by atoms with Crippen LogP contribution in [0.1, 0.15) is 36.7 Å². The Kier molecular flexibility index (Phi) is 3.60. The number of aromatic nitrogens is 2. The molecule has 1 amide bonds. The maximum absolute atomic E-state index is 11.5. The van der Waals surface area contributed by atoms with Crippen molar-refractivity contribution in [3.8, 4) is 0 Å². The number of amides is 1. The number of furan rings is 1. The van der Waals surface area contributed by atoms with Gasteiger partial charge in [0.05, 0.1) is 24.5 Å². The van der Waals surface area contributed by atoms with Crippen molar-refractivity contribution in [3.05, 3.63) is 41.7 Å². The van der Waals surface area contributed by atoms with E-state index in [1.165, 1.54) is 0 Å². The second kappa shape index (κ2) is 5.55. The summed E-state index contributed by atoms with van der Waals surface area (Å²) in [5, 5.41) is 3.23. The molecule has 0 aromatic carbocycles. The molecule has 0 spiro atoms. The van der Waals surface area contributed by atoms with Gasteiger partial charge < -0.3 is 14.6 Å². The van der Waals surface area contributed by atoms with Crippen molar-refractivity contribution in [2.45, 2.75) is 32.9 Å². The monoisotopic (exact) mass is 286 g/mol. The van der Waals surface area contributed by atoms with Gasteiger partial charge in [0.15, 0.2) is 0 Å². The van der Waals surface area contributed by atoms with Crippen molar-refractivity contribution in [3.63, 3.8) is 0 Å². The van der Waals surface area contributed by atoms with Gasteiger partial charge in [-0.2, -0.15) is 0 Å². The van der Waals surface area contributed by atoms with E-state index in [0.717, 1.165) is 30.2 Å². The van der Waals surface area contributed by atoms with Crippen molar-refractivity contribution in [1.82, 2.24) is 14.9 Å². The fourth-order valence-electron chi connectivity index (χ4n) is 2.51. The summed E-state index contributed by atoms with van der Waals surface area (Å²) in [6.07, 6.45) is 2.60. The molecule has 1 atom stereocenters. The minimum atomic E-state index is 0.0772. The zero-order valence-corrected chi connectivity index (χ0v) is 12.2. The lowest BCUT2D eigenvalue weighted by atomic mass is 9.99. The summed E-state index contributed by atoms with van der Waals surface area (Å²) in [6.45, 7) is 4.83. The van der Waals surface area contributed by atoms with E-state index in [0.29, 0.717) is 12.4 Å². The maximum Gasteiger partial charge on any atom is 0.220 e. The molecule has 1 fully saturated rings. The number of carbonyl (C=O) groups excluding carboxylic acids is 1. The molecule has 1 aliphatic rings. The Labute approximate surface area is 123 Å². The number of likely N-dealkylation sites (tertiary alicyclic amines) is 1. The molecule has 2 aromatic rings. The third-order valence-electron chi connectivity index (χ3n) is 3.65. The number of hydrogen-bond acceptors (Lipinski definition) is 5. The van der Waals surface area contributed by atoms with Gasteiger partial charge in [-0.1, -0.05) is 0 Å². The summed E-state index contributed by atoms with van der Waals surface area (Å²) in [5.41, 5.74) is 0.894. The standard InChI is InChI=1S/C15H18N4O2/c1-10-17-13(14-5-6-19(14)11(2)20)8-15(18-10)16-9-12-4-3-7-21-12/h3-4,7-8,14H,5-6,9H2,1-2H3,(H,16,17,18)/t14-/m0/s1. The van der Waals surface area contributed by atoms with Crippen LogP contribution in [0.15, 0.2) is 28.9 Å². The Hall–Kier alpha value is -2.37. The largest absolute Gasteiger partial charge is 0.467 e. The van der Waals surface area contributed by atoms with Gasteiger partial charge in [0, 0.05) is 19.5 Å². The molecular weight excluding hydrogens is 268 g/mol. The number of aryl methyl sites for hydroxylation is 1. The van der Waals surface area contributed by atoms with Gasteiger partial charge >= 0.3 is 0 Å². The number of rotatable bonds is 4. The van der Waals surface area contributed by atoms with E-state index in [1.807, 2.05) is 30.0 Å². The highest BCUT2D eigenvalue weighted by molar-refractivity contribution is 5.74. The molecule has 0 unspecified atom stereocenters. The molecule has 0 radical (unpaired) electrons. The van der Waals surface area contributed by atoms with Gasteiger partial charge in [-0.05, 0) is 25.5 Å². The summed E-state index contributed by atoms with van der Waals surface area (Å²) < 4.78 is 5.29. The second-order valence-electron chi connectivity index (χ2n) is 5.18. The molecule has 0 bridgehead atoms. The van der Waals surface area contributed by atoms with E-state index in [4.69, 9.17) is 4.42 Å². The fraction of sp³-hybridized carbons (Fsp3) is 0.400. The number of anilines is 1. The molecule has 0 saturated carbocycles. The smallest absolute Gasteiger partial charge is 0.220 e. The summed E-state index contributed by atoms with van der Waals surface area (Å²) in [7, 11) is 0. The quantitative estimate of drug-likeness (QED) is 0.933. The van der Waals surface area contributed by atoms with Crippen molar-refractivity contribution >= 4 is 11.7 Å². The number of carbonyl (C=O) groups is 1. The molecule has 3 rings (SSSR count). The normalized spacial score (nSPS) is 17.4. The molecule has 21 heavy (non-hydrogen) atoms. The SMILES string of the molecule is CC(=O)N1CC[C@H]1c1cc(NCc2ccco2)nc(C)n1. The Morgan fingerprint density at radius 2 is 2.38 bits per heavy atom. The molecule has 6 nitrogen and oxygen atoms in total. The lowest BCUT2D eigenvalue weighted by Crippen LogP contribution is -2.44. The molecular formula is C15H18N4O2. The van der Waals surface area contributed by atoms with Gasteiger partial charge in [-0.15, -0.1) is 0 Å². The van der Waals surface area contributed by atoms with E-state index in [1.54, 1.807) is 13.2 Å². The third kappa shape index (κ3) is 2.89. The molecule has 1 N–H and O–H groups in total. The first kappa shape index (κ1) is 13.6. The van der Waals surface area contributed by atoms with Gasteiger partial charge in [0.1, 0.15) is 17.4 Å². The molecule has 6 heteroatoms. The topological polar surface area (TPSA) is 71.3 Å².